The van der Waals surface area contributed by atoms with Crippen molar-refractivity contribution in [3.63, 3.8) is 0 Å². The molecule has 11 aromatic rings. The Morgan fingerprint density at radius 2 is 0.737 bits per heavy atom. The highest BCUT2D eigenvalue weighted by Crippen LogP contribution is 2.41. The molecule has 5 heteroatoms. The van der Waals surface area contributed by atoms with Gasteiger partial charge in [0.15, 0.2) is 17.5 Å². The average molecular weight is 729 g/mol. The van der Waals surface area contributed by atoms with Gasteiger partial charge in [-0.25, -0.2) is 19.9 Å². The van der Waals surface area contributed by atoms with Crippen LogP contribution in [0.1, 0.15) is 0 Å². The van der Waals surface area contributed by atoms with Gasteiger partial charge in [-0.05, 0) is 40.5 Å². The molecule has 3 heterocycles. The summed E-state index contributed by atoms with van der Waals surface area (Å²) in [6, 6.07) is 67.0. The molecule has 0 spiro atoms. The molecule has 57 heavy (non-hydrogen) atoms. The predicted molar refractivity (Wildman–Crippen MR) is 233 cm³/mol. The van der Waals surface area contributed by atoms with Crippen LogP contribution in [-0.4, -0.2) is 19.9 Å². The number of benzene rings is 8. The smallest absolute Gasteiger partial charge is 0.164 e. The summed E-state index contributed by atoms with van der Waals surface area (Å²) in [7, 11) is 0. The number of pyridine rings is 1. The van der Waals surface area contributed by atoms with Crippen LogP contribution >= 0.6 is 0 Å². The van der Waals surface area contributed by atoms with Gasteiger partial charge in [0, 0.05) is 49.2 Å². The minimum Gasteiger partial charge on any atom is -0.456 e. The van der Waals surface area contributed by atoms with Gasteiger partial charge in [-0.15, -0.1) is 0 Å². The summed E-state index contributed by atoms with van der Waals surface area (Å²) >= 11 is 0. The number of furan rings is 1. The Morgan fingerprint density at radius 1 is 0.281 bits per heavy atom. The third kappa shape index (κ3) is 5.72. The van der Waals surface area contributed by atoms with Gasteiger partial charge in [-0.1, -0.05) is 176 Å². The van der Waals surface area contributed by atoms with E-state index in [0.29, 0.717) is 17.5 Å². The van der Waals surface area contributed by atoms with E-state index in [2.05, 4.69) is 115 Å². The molecule has 11 rings (SSSR count). The summed E-state index contributed by atoms with van der Waals surface area (Å²) < 4.78 is 6.20. The van der Waals surface area contributed by atoms with Crippen LogP contribution in [0.3, 0.4) is 0 Å². The highest BCUT2D eigenvalue weighted by atomic mass is 16.3. The van der Waals surface area contributed by atoms with Gasteiger partial charge < -0.3 is 4.42 Å². The Balaban J connectivity index is 1.01. The predicted octanol–water partition coefficient (Wildman–Crippen LogP) is 13.5. The number of nitrogens with zero attached hydrogens (tertiary/aromatic N) is 4. The van der Waals surface area contributed by atoms with Crippen LogP contribution in [0.2, 0.25) is 0 Å². The Morgan fingerprint density at radius 3 is 1.39 bits per heavy atom. The number of aromatic nitrogens is 4. The van der Waals surface area contributed by atoms with Crippen molar-refractivity contribution >= 4 is 43.6 Å². The Labute approximate surface area is 328 Å². The van der Waals surface area contributed by atoms with Crippen molar-refractivity contribution in [2.75, 3.05) is 0 Å². The second-order valence-electron chi connectivity index (χ2n) is 14.2. The molecule has 0 aliphatic heterocycles. The van der Waals surface area contributed by atoms with Crippen LogP contribution in [0.5, 0.6) is 0 Å². The standard InChI is InChI=1S/C52H32N4O/c1-3-13-36(14-4-1)50-54-51(37-15-5-2-6-16-37)56-52(55-50)38-31-29-35(30-32-38)49-43-21-11-19-39(47(43)41-17-7-9-22-44(41)53-49)33-25-27-34(28-26-33)40-20-12-24-46-48(40)42-18-8-10-23-45(42)57-46/h1-32H. The van der Waals surface area contributed by atoms with Crippen LogP contribution < -0.4 is 0 Å². The second kappa shape index (κ2) is 13.5. The Hall–Kier alpha value is -7.76. The molecule has 0 bridgehead atoms. The summed E-state index contributed by atoms with van der Waals surface area (Å²) in [5.41, 5.74) is 12.1. The molecule has 0 fully saturated rings. The molecule has 0 amide bonds. The molecule has 0 aliphatic carbocycles. The molecule has 0 saturated heterocycles. The largest absolute Gasteiger partial charge is 0.456 e. The zero-order chi connectivity index (χ0) is 37.7. The lowest BCUT2D eigenvalue weighted by Crippen LogP contribution is -2.00. The summed E-state index contributed by atoms with van der Waals surface area (Å²) in [6.45, 7) is 0. The number of hydrogen-bond donors (Lipinski definition) is 0. The van der Waals surface area contributed by atoms with Crippen LogP contribution in [0, 0.1) is 0 Å². The lowest BCUT2D eigenvalue weighted by molar-refractivity contribution is 0.669. The minimum absolute atomic E-state index is 0.619. The minimum atomic E-state index is 0.619. The van der Waals surface area contributed by atoms with E-state index in [-0.39, 0.29) is 0 Å². The van der Waals surface area contributed by atoms with Crippen molar-refractivity contribution < 1.29 is 4.42 Å². The molecule has 5 nitrogen and oxygen atoms in total. The molecule has 0 atom stereocenters. The van der Waals surface area contributed by atoms with Crippen molar-refractivity contribution in [3.05, 3.63) is 194 Å². The number of fused-ring (bicyclic) bond motifs is 6. The van der Waals surface area contributed by atoms with Gasteiger partial charge >= 0.3 is 0 Å². The van der Waals surface area contributed by atoms with Gasteiger partial charge in [0.2, 0.25) is 0 Å². The van der Waals surface area contributed by atoms with Crippen molar-refractivity contribution in [1.29, 1.82) is 0 Å². The molecular weight excluding hydrogens is 697 g/mol. The second-order valence-corrected chi connectivity index (χ2v) is 14.2. The SMILES string of the molecule is c1ccc(-c2nc(-c3ccccc3)nc(-c3ccc(-c4nc5ccccc5c5c(-c6ccc(-c7cccc8oc9ccccc9c78)cc6)cccc45)cc3)n2)cc1. The topological polar surface area (TPSA) is 64.7 Å². The molecule has 0 saturated carbocycles. The molecule has 0 radical (unpaired) electrons. The van der Waals surface area contributed by atoms with Gasteiger partial charge in [0.25, 0.3) is 0 Å². The quantitative estimate of drug-likeness (QED) is 0.160. The molecule has 0 aliphatic rings. The molecule has 266 valence electrons. The molecule has 3 aromatic heterocycles. The molecule has 0 unspecified atom stereocenters. The molecule has 8 aromatic carbocycles. The fourth-order valence-electron chi connectivity index (χ4n) is 8.02. The summed E-state index contributed by atoms with van der Waals surface area (Å²) in [6.07, 6.45) is 0. The number of hydrogen-bond acceptors (Lipinski definition) is 5. The lowest BCUT2D eigenvalue weighted by Gasteiger charge is -2.15. The first-order chi connectivity index (χ1) is 28.2. The van der Waals surface area contributed by atoms with Crippen LogP contribution in [0.4, 0.5) is 0 Å². The first kappa shape index (κ1) is 32.7. The van der Waals surface area contributed by atoms with Gasteiger partial charge in [-0.3, -0.25) is 0 Å². The third-order valence-electron chi connectivity index (χ3n) is 10.8. The normalized spacial score (nSPS) is 11.5. The van der Waals surface area contributed by atoms with E-state index in [1.165, 1.54) is 5.39 Å². The van der Waals surface area contributed by atoms with Crippen LogP contribution in [-0.2, 0) is 0 Å². The first-order valence-electron chi connectivity index (χ1n) is 19.1. The van der Waals surface area contributed by atoms with Crippen molar-refractivity contribution in [2.24, 2.45) is 0 Å². The number of rotatable bonds is 6. The Bertz CT molecular complexity index is 3210. The van der Waals surface area contributed by atoms with Crippen LogP contribution in [0.25, 0.3) is 111 Å². The van der Waals surface area contributed by atoms with Crippen LogP contribution in [0.15, 0.2) is 199 Å². The first-order valence-corrected chi connectivity index (χ1v) is 19.1. The average Bonchev–Trinajstić information content (AvgIpc) is 3.68. The summed E-state index contributed by atoms with van der Waals surface area (Å²) in [4.78, 5) is 20.0. The maximum absolute atomic E-state index is 6.20. The maximum Gasteiger partial charge on any atom is 0.164 e. The zero-order valence-electron chi connectivity index (χ0n) is 30.7. The van der Waals surface area contributed by atoms with Gasteiger partial charge in [0.1, 0.15) is 11.2 Å². The van der Waals surface area contributed by atoms with Crippen molar-refractivity contribution in [2.45, 2.75) is 0 Å². The van der Waals surface area contributed by atoms with E-state index in [1.807, 2.05) is 78.9 Å². The summed E-state index contributed by atoms with van der Waals surface area (Å²) in [5.74, 6) is 1.89. The number of para-hydroxylation sites is 2. The van der Waals surface area contributed by atoms with E-state index in [1.54, 1.807) is 0 Å². The van der Waals surface area contributed by atoms with E-state index < -0.39 is 0 Å². The zero-order valence-corrected chi connectivity index (χ0v) is 30.7. The lowest BCUT2D eigenvalue weighted by atomic mass is 9.91. The fraction of sp³-hybridized carbons (Fsp3) is 0. The monoisotopic (exact) mass is 728 g/mol. The van der Waals surface area contributed by atoms with Crippen molar-refractivity contribution in [1.82, 2.24) is 19.9 Å². The third-order valence-corrected chi connectivity index (χ3v) is 10.8. The van der Waals surface area contributed by atoms with E-state index >= 15 is 0 Å². The van der Waals surface area contributed by atoms with Gasteiger partial charge in [0.05, 0.1) is 11.2 Å². The van der Waals surface area contributed by atoms with E-state index in [0.717, 1.165) is 88.4 Å². The van der Waals surface area contributed by atoms with E-state index in [4.69, 9.17) is 24.4 Å². The van der Waals surface area contributed by atoms with Crippen molar-refractivity contribution in [3.8, 4) is 67.7 Å². The molecular formula is C52H32N4O. The highest BCUT2D eigenvalue weighted by Gasteiger charge is 2.17. The maximum atomic E-state index is 6.20. The fourth-order valence-corrected chi connectivity index (χ4v) is 8.02. The molecule has 0 N–H and O–H groups in total. The Kier molecular flexibility index (Phi) is 7.74. The highest BCUT2D eigenvalue weighted by molar-refractivity contribution is 6.17. The van der Waals surface area contributed by atoms with E-state index in [9.17, 15) is 0 Å². The van der Waals surface area contributed by atoms with Gasteiger partial charge in [-0.2, -0.15) is 0 Å². The summed E-state index contributed by atoms with van der Waals surface area (Å²) in [5, 5.41) is 5.66.